The van der Waals surface area contributed by atoms with Crippen LogP contribution in [0.25, 0.3) is 0 Å². The Morgan fingerprint density at radius 1 is 0.875 bits per heavy atom. The van der Waals surface area contributed by atoms with E-state index in [1.54, 1.807) is 6.92 Å². The Hall–Kier alpha value is -0.0825. The maximum absolute atomic E-state index is 11.6. The molecule has 0 aliphatic carbocycles. The summed E-state index contributed by atoms with van der Waals surface area (Å²) in [5.41, 5.74) is 0.521. The Labute approximate surface area is 150 Å². The van der Waals surface area contributed by atoms with E-state index in [2.05, 4.69) is 57.7 Å². The number of rotatable bonds is 5. The topological polar surface area (TPSA) is 66.0 Å². The highest BCUT2D eigenvalue weighted by Crippen LogP contribution is 2.32. The molecule has 10 heteroatoms. The van der Waals surface area contributed by atoms with Crippen molar-refractivity contribution < 1.29 is 21.3 Å². The van der Waals surface area contributed by atoms with E-state index in [4.69, 9.17) is 16.5 Å². The van der Waals surface area contributed by atoms with Crippen molar-refractivity contribution in [3.63, 3.8) is 0 Å². The van der Waals surface area contributed by atoms with Crippen LogP contribution in [0.1, 0.15) is 13.3 Å². The monoisotopic (exact) mass is 407 g/mol. The van der Waals surface area contributed by atoms with E-state index in [1.807, 2.05) is 0 Å². The molecule has 1 saturated heterocycles. The molecule has 1 heterocycles. The molecule has 140 valence electrons. The molecule has 0 spiro atoms. The lowest BCUT2D eigenvalue weighted by Gasteiger charge is -2.47. The lowest BCUT2D eigenvalue weighted by molar-refractivity contribution is -0.117. The molecule has 1 aliphatic rings. The Morgan fingerprint density at radius 3 is 1.71 bits per heavy atom. The van der Waals surface area contributed by atoms with Gasteiger partial charge in [-0.3, -0.25) is 4.79 Å². The van der Waals surface area contributed by atoms with Crippen LogP contribution in [0.5, 0.6) is 0 Å². The summed E-state index contributed by atoms with van der Waals surface area (Å²) in [5, 5.41) is 2.86. The number of hydrogen-bond donors (Lipinski definition) is 1. The van der Waals surface area contributed by atoms with Gasteiger partial charge in [-0.1, -0.05) is 6.58 Å². The quantitative estimate of drug-likeness (QED) is 0.430. The van der Waals surface area contributed by atoms with Gasteiger partial charge < -0.3 is 21.8 Å². The van der Waals surface area contributed by atoms with Crippen LogP contribution in [0.15, 0.2) is 12.2 Å². The van der Waals surface area contributed by atoms with Gasteiger partial charge in [0.15, 0.2) is 0 Å². The number of carbonyl (C=O) groups excluding carboxylic acids is 1. The lowest BCUT2D eigenvalue weighted by Crippen LogP contribution is -2.65. The van der Waals surface area contributed by atoms with Crippen molar-refractivity contribution in [2.45, 2.75) is 65.2 Å². The minimum atomic E-state index is -2.43. The van der Waals surface area contributed by atoms with Crippen molar-refractivity contribution in [2.24, 2.45) is 0 Å². The average Bonchev–Trinajstić information content (AvgIpc) is 2.27. The van der Waals surface area contributed by atoms with Crippen molar-refractivity contribution in [3.8, 4) is 0 Å². The Bertz CT molecular complexity index is 474. The van der Waals surface area contributed by atoms with Crippen LogP contribution in [0.3, 0.4) is 0 Å². The summed E-state index contributed by atoms with van der Waals surface area (Å²) < 4.78 is 25.6. The summed E-state index contributed by atoms with van der Waals surface area (Å²) in [6, 6.07) is 0.797. The Morgan fingerprint density at radius 2 is 1.29 bits per heavy atom. The molecular formula is C14H33NO5Si4. The maximum atomic E-state index is 11.6. The minimum Gasteiger partial charge on any atom is -0.416 e. The third-order valence-electron chi connectivity index (χ3n) is 3.39. The number of nitrogens with one attached hydrogen (secondary N) is 1. The van der Waals surface area contributed by atoms with Gasteiger partial charge >= 0.3 is 34.2 Å². The van der Waals surface area contributed by atoms with E-state index in [0.29, 0.717) is 12.1 Å². The molecule has 0 bridgehead atoms. The molecule has 1 rings (SSSR count). The molecule has 1 fully saturated rings. The highest BCUT2D eigenvalue weighted by molar-refractivity contribution is 6.93. The first-order valence-corrected chi connectivity index (χ1v) is 19.4. The zero-order valence-electron chi connectivity index (χ0n) is 16.4. The summed E-state index contributed by atoms with van der Waals surface area (Å²) in [7, 11) is -9.30. The molecule has 0 aromatic heterocycles. The maximum Gasteiger partial charge on any atom is 0.317 e. The fourth-order valence-electron chi connectivity index (χ4n) is 3.17. The molecule has 0 unspecified atom stereocenters. The third-order valence-corrected chi connectivity index (χ3v) is 19.9. The van der Waals surface area contributed by atoms with Crippen molar-refractivity contribution in [1.29, 1.82) is 0 Å². The predicted octanol–water partition coefficient (Wildman–Crippen LogP) is 3.33. The minimum absolute atomic E-state index is 0.106. The van der Waals surface area contributed by atoms with Crippen LogP contribution in [0, 0.1) is 0 Å². The van der Waals surface area contributed by atoms with Crippen LogP contribution in [0.4, 0.5) is 0 Å². The average molecular weight is 408 g/mol. The number of carbonyl (C=O) groups is 1. The third kappa shape index (κ3) is 7.43. The van der Waals surface area contributed by atoms with E-state index in [1.165, 1.54) is 0 Å². The summed E-state index contributed by atoms with van der Waals surface area (Å²) in [6.45, 7) is 20.4. The smallest absolute Gasteiger partial charge is 0.317 e. The first-order valence-electron chi connectivity index (χ1n) is 8.40. The van der Waals surface area contributed by atoms with Crippen LogP contribution in [0.2, 0.25) is 51.9 Å². The fraction of sp³-hybridized carbons (Fsp3) is 0.786. The van der Waals surface area contributed by atoms with Crippen LogP contribution < -0.4 is 5.32 Å². The van der Waals surface area contributed by atoms with Gasteiger partial charge in [0.1, 0.15) is 0 Å². The highest BCUT2D eigenvalue weighted by Gasteiger charge is 2.52. The molecule has 0 atom stereocenters. The van der Waals surface area contributed by atoms with Crippen LogP contribution >= 0.6 is 0 Å². The van der Waals surface area contributed by atoms with Gasteiger partial charge in [-0.05, 0) is 65.2 Å². The van der Waals surface area contributed by atoms with Gasteiger partial charge in [0.05, 0.1) is 0 Å². The molecule has 24 heavy (non-hydrogen) atoms. The van der Waals surface area contributed by atoms with Gasteiger partial charge in [-0.15, -0.1) is 0 Å². The van der Waals surface area contributed by atoms with Gasteiger partial charge in [-0.2, -0.15) is 0 Å². The predicted molar refractivity (Wildman–Crippen MR) is 106 cm³/mol. The Balaban J connectivity index is 2.75. The zero-order chi connectivity index (χ0) is 18.8. The van der Waals surface area contributed by atoms with Gasteiger partial charge in [0.25, 0.3) is 0 Å². The highest BCUT2D eigenvalue weighted by atomic mass is 28.5. The zero-order valence-corrected chi connectivity index (χ0v) is 20.4. The molecule has 6 nitrogen and oxygen atoms in total. The van der Waals surface area contributed by atoms with Gasteiger partial charge in [0, 0.05) is 12.1 Å². The first-order chi connectivity index (χ1) is 10.7. The summed E-state index contributed by atoms with van der Waals surface area (Å²) >= 11 is 0. The van der Waals surface area contributed by atoms with Crippen molar-refractivity contribution in [1.82, 2.24) is 5.32 Å². The first kappa shape index (κ1) is 22.0. The summed E-state index contributed by atoms with van der Waals surface area (Å²) in [4.78, 5) is 11.6. The molecule has 0 saturated carbocycles. The molecule has 0 radical (unpaired) electrons. The summed E-state index contributed by atoms with van der Waals surface area (Å²) in [6.07, 6.45) is 0.803. The fourth-order valence-corrected chi connectivity index (χ4v) is 24.8. The number of hydrogen-bond acceptors (Lipinski definition) is 5. The van der Waals surface area contributed by atoms with Crippen molar-refractivity contribution in [2.75, 3.05) is 6.54 Å². The van der Waals surface area contributed by atoms with Crippen molar-refractivity contribution >= 4 is 40.2 Å². The van der Waals surface area contributed by atoms with Crippen LogP contribution in [-0.2, 0) is 21.3 Å². The van der Waals surface area contributed by atoms with E-state index < -0.39 is 34.2 Å². The second kappa shape index (κ2) is 7.66. The normalized spacial score (nSPS) is 24.5. The van der Waals surface area contributed by atoms with Gasteiger partial charge in [-0.25, -0.2) is 0 Å². The van der Waals surface area contributed by atoms with E-state index in [9.17, 15) is 4.79 Å². The van der Waals surface area contributed by atoms with E-state index >= 15 is 0 Å². The Kier molecular flexibility index (Phi) is 7.01. The molecule has 1 amide bonds. The molecule has 0 aromatic carbocycles. The SMILES string of the molecule is C=C(C)C(=O)NCCC[Si]1(C)O[Si](C)(C)O[Si](C)(C)O[Si](C)(C)O1. The second-order valence-electron chi connectivity index (χ2n) is 7.88. The van der Waals surface area contributed by atoms with E-state index in [-0.39, 0.29) is 5.91 Å². The van der Waals surface area contributed by atoms with Gasteiger partial charge in [0.2, 0.25) is 5.91 Å². The molecule has 0 aromatic rings. The van der Waals surface area contributed by atoms with Crippen LogP contribution in [-0.4, -0.2) is 46.7 Å². The van der Waals surface area contributed by atoms with E-state index in [0.717, 1.165) is 12.5 Å². The largest absolute Gasteiger partial charge is 0.416 e. The van der Waals surface area contributed by atoms with Crippen molar-refractivity contribution in [3.05, 3.63) is 12.2 Å². The number of amides is 1. The second-order valence-corrected chi connectivity index (χ2v) is 22.3. The summed E-state index contributed by atoms with van der Waals surface area (Å²) in [5.74, 6) is -0.106. The lowest BCUT2D eigenvalue weighted by atomic mass is 10.3. The molecule has 1 aliphatic heterocycles. The molecular weight excluding hydrogens is 375 g/mol. The molecule has 1 N–H and O–H groups in total. The standard InChI is InChI=1S/C14H33NO5Si4/c1-13(2)14(16)15-11-10-12-24(9)19-22(5,6)17-21(3,4)18-23(7,8)20-24/h1,10-12H2,2-9H3,(H,15,16).